The molecule has 2 aliphatic rings. The Morgan fingerprint density at radius 3 is 2.56 bits per heavy atom. The largest absolute Gasteiger partial charge is 0.316 e. The molecule has 2 bridgehead atoms. The van der Waals surface area contributed by atoms with Crippen molar-refractivity contribution >= 4 is 6.08 Å². The summed E-state index contributed by atoms with van der Waals surface area (Å²) in [5, 5.41) is 3.52. The highest BCUT2D eigenvalue weighted by molar-refractivity contribution is 5.50. The van der Waals surface area contributed by atoms with Crippen LogP contribution >= 0.6 is 0 Å². The molecule has 1 heterocycles. The summed E-state index contributed by atoms with van der Waals surface area (Å²) in [4.78, 5) is 0. The Bertz CT molecular complexity index is 418. The highest BCUT2D eigenvalue weighted by Crippen LogP contribution is 2.38. The highest BCUT2D eigenvalue weighted by Gasteiger charge is 2.34. The minimum Gasteiger partial charge on any atom is -0.316 e. The molecular weight excluding hydrogens is 225 g/mol. The van der Waals surface area contributed by atoms with Gasteiger partial charge in [-0.1, -0.05) is 36.8 Å². The first-order valence-corrected chi connectivity index (χ1v) is 6.98. The molecular formula is C16H20FN. The summed E-state index contributed by atoms with van der Waals surface area (Å²) in [6.45, 7) is 2.26. The summed E-state index contributed by atoms with van der Waals surface area (Å²) < 4.78 is 13.6. The van der Waals surface area contributed by atoms with Crippen molar-refractivity contribution in [1.29, 1.82) is 0 Å². The predicted octanol–water partition coefficient (Wildman–Crippen LogP) is 3.47. The summed E-state index contributed by atoms with van der Waals surface area (Å²) >= 11 is 0. The number of rotatable bonds is 2. The lowest BCUT2D eigenvalue weighted by Crippen LogP contribution is -2.45. The number of piperidine rings is 1. The molecule has 0 aromatic heterocycles. The van der Waals surface area contributed by atoms with Crippen LogP contribution in [0.4, 0.5) is 4.39 Å². The van der Waals surface area contributed by atoms with Gasteiger partial charge in [0.1, 0.15) is 5.82 Å². The third-order valence-electron chi connectivity index (χ3n) is 4.45. The van der Waals surface area contributed by atoms with Gasteiger partial charge in [0, 0.05) is 5.56 Å². The van der Waals surface area contributed by atoms with Gasteiger partial charge in [-0.3, -0.25) is 0 Å². The fraction of sp³-hybridized carbons (Fsp3) is 0.500. The number of allylic oxidation sites excluding steroid dienone is 1. The average molecular weight is 245 g/mol. The molecule has 2 atom stereocenters. The third-order valence-corrected chi connectivity index (χ3v) is 4.45. The summed E-state index contributed by atoms with van der Waals surface area (Å²) in [6, 6.07) is 7.02. The monoisotopic (exact) mass is 245 g/mol. The van der Waals surface area contributed by atoms with Gasteiger partial charge in [-0.15, -0.1) is 0 Å². The zero-order valence-corrected chi connectivity index (χ0v) is 10.6. The Labute approximate surface area is 108 Å². The van der Waals surface area contributed by atoms with E-state index >= 15 is 0 Å². The number of fused-ring (bicyclic) bond motifs is 2. The van der Waals surface area contributed by atoms with E-state index in [1.54, 1.807) is 6.07 Å². The molecule has 2 unspecified atom stereocenters. The second-order valence-corrected chi connectivity index (χ2v) is 5.57. The van der Waals surface area contributed by atoms with Crippen molar-refractivity contribution in [1.82, 2.24) is 5.32 Å². The minimum absolute atomic E-state index is 0.118. The van der Waals surface area contributed by atoms with Crippen LogP contribution in [0.25, 0.3) is 6.08 Å². The first-order chi connectivity index (χ1) is 8.84. The zero-order valence-electron chi connectivity index (χ0n) is 10.6. The second-order valence-electron chi connectivity index (χ2n) is 5.57. The normalized spacial score (nSPS) is 31.7. The van der Waals surface area contributed by atoms with E-state index in [2.05, 4.69) is 11.4 Å². The average Bonchev–Trinajstić information content (AvgIpc) is 2.37. The van der Waals surface area contributed by atoms with Crippen LogP contribution < -0.4 is 5.32 Å². The minimum atomic E-state index is -0.118. The molecule has 1 aromatic rings. The van der Waals surface area contributed by atoms with Crippen molar-refractivity contribution in [3.63, 3.8) is 0 Å². The van der Waals surface area contributed by atoms with E-state index in [-0.39, 0.29) is 5.82 Å². The maximum atomic E-state index is 13.6. The molecule has 3 rings (SSSR count). The molecule has 2 heteroatoms. The SMILES string of the molecule is Fc1ccccc1C=CC1C2CCCC1CNC2. The van der Waals surface area contributed by atoms with Gasteiger partial charge in [0.25, 0.3) is 0 Å². The second kappa shape index (κ2) is 5.23. The molecule has 1 aliphatic carbocycles. The van der Waals surface area contributed by atoms with Gasteiger partial charge in [-0.25, -0.2) is 4.39 Å². The first kappa shape index (κ1) is 11.9. The lowest BCUT2D eigenvalue weighted by molar-refractivity contribution is 0.146. The molecule has 0 spiro atoms. The van der Waals surface area contributed by atoms with Gasteiger partial charge >= 0.3 is 0 Å². The Morgan fingerprint density at radius 2 is 1.83 bits per heavy atom. The molecule has 0 radical (unpaired) electrons. The van der Waals surface area contributed by atoms with Gasteiger partial charge in [0.15, 0.2) is 0 Å². The highest BCUT2D eigenvalue weighted by atomic mass is 19.1. The Hall–Kier alpha value is -1.15. The van der Waals surface area contributed by atoms with E-state index in [0.717, 1.165) is 24.9 Å². The number of hydrogen-bond donors (Lipinski definition) is 1. The molecule has 1 saturated heterocycles. The quantitative estimate of drug-likeness (QED) is 0.841. The van der Waals surface area contributed by atoms with Gasteiger partial charge in [0.05, 0.1) is 0 Å². The number of benzene rings is 1. The van der Waals surface area contributed by atoms with E-state index < -0.39 is 0 Å². The third kappa shape index (κ3) is 2.35. The van der Waals surface area contributed by atoms with E-state index in [9.17, 15) is 4.39 Å². The number of halogens is 1. The molecule has 0 amide bonds. The van der Waals surface area contributed by atoms with E-state index in [4.69, 9.17) is 0 Å². The predicted molar refractivity (Wildman–Crippen MR) is 72.6 cm³/mol. The smallest absolute Gasteiger partial charge is 0.130 e. The molecule has 1 aliphatic heterocycles. The fourth-order valence-electron chi connectivity index (χ4n) is 3.48. The topological polar surface area (TPSA) is 12.0 Å². The van der Waals surface area contributed by atoms with Crippen LogP contribution in [0.3, 0.4) is 0 Å². The van der Waals surface area contributed by atoms with E-state index in [1.807, 2.05) is 18.2 Å². The van der Waals surface area contributed by atoms with Crippen LogP contribution in [0.5, 0.6) is 0 Å². The van der Waals surface area contributed by atoms with Crippen molar-refractivity contribution in [3.05, 3.63) is 41.7 Å². The van der Waals surface area contributed by atoms with Crippen LogP contribution in [0.2, 0.25) is 0 Å². The Kier molecular flexibility index (Phi) is 3.46. The van der Waals surface area contributed by atoms with Crippen LogP contribution in [0.15, 0.2) is 30.3 Å². The molecule has 1 nitrogen and oxygen atoms in total. The van der Waals surface area contributed by atoms with Gasteiger partial charge in [0.2, 0.25) is 0 Å². The summed E-state index contributed by atoms with van der Waals surface area (Å²) in [6.07, 6.45) is 8.23. The lowest BCUT2D eigenvalue weighted by atomic mass is 9.69. The molecule has 1 aromatic carbocycles. The van der Waals surface area contributed by atoms with E-state index in [0.29, 0.717) is 11.5 Å². The van der Waals surface area contributed by atoms with Crippen molar-refractivity contribution in [2.45, 2.75) is 19.3 Å². The lowest BCUT2D eigenvalue weighted by Gasteiger charge is -2.41. The molecule has 1 N–H and O–H groups in total. The molecule has 1 saturated carbocycles. The summed E-state index contributed by atoms with van der Waals surface area (Å²) in [5.41, 5.74) is 0.717. The van der Waals surface area contributed by atoms with Crippen LogP contribution in [-0.4, -0.2) is 13.1 Å². The summed E-state index contributed by atoms with van der Waals surface area (Å²) in [7, 11) is 0. The Balaban J connectivity index is 1.77. The standard InChI is InChI=1S/C16H20FN/c17-16-7-2-1-4-12(16)8-9-15-13-5-3-6-14(15)11-18-10-13/h1-2,4,7-9,13-15,18H,3,5-6,10-11H2. The van der Waals surface area contributed by atoms with E-state index in [1.165, 1.54) is 25.3 Å². The fourth-order valence-corrected chi connectivity index (χ4v) is 3.48. The van der Waals surface area contributed by atoms with Crippen LogP contribution in [-0.2, 0) is 0 Å². The maximum Gasteiger partial charge on any atom is 0.130 e. The number of nitrogens with one attached hydrogen (secondary N) is 1. The van der Waals surface area contributed by atoms with Crippen molar-refractivity contribution in [3.8, 4) is 0 Å². The van der Waals surface area contributed by atoms with Gasteiger partial charge in [-0.05, 0) is 49.8 Å². The maximum absolute atomic E-state index is 13.6. The van der Waals surface area contributed by atoms with Crippen LogP contribution in [0.1, 0.15) is 24.8 Å². The molecule has 96 valence electrons. The molecule has 2 fully saturated rings. The molecule has 18 heavy (non-hydrogen) atoms. The first-order valence-electron chi connectivity index (χ1n) is 6.98. The van der Waals surface area contributed by atoms with Crippen molar-refractivity contribution < 1.29 is 4.39 Å². The van der Waals surface area contributed by atoms with Gasteiger partial charge < -0.3 is 5.32 Å². The van der Waals surface area contributed by atoms with Crippen LogP contribution in [0, 0.1) is 23.6 Å². The zero-order chi connectivity index (χ0) is 12.4. The van der Waals surface area contributed by atoms with Crippen molar-refractivity contribution in [2.75, 3.05) is 13.1 Å². The van der Waals surface area contributed by atoms with Crippen molar-refractivity contribution in [2.24, 2.45) is 17.8 Å². The van der Waals surface area contributed by atoms with Gasteiger partial charge in [-0.2, -0.15) is 0 Å². The summed E-state index contributed by atoms with van der Waals surface area (Å²) in [5.74, 6) is 2.02. The Morgan fingerprint density at radius 1 is 1.11 bits per heavy atom. The number of hydrogen-bond acceptors (Lipinski definition) is 1.